The standard InChI is InChI=1S/C19H26N4O2.ClH/c1-12(2)11-23-19(25)16-6-4-3-5-15(16)17(22-23)18(24)21-14-9-7-13(20)8-10-14;/h3-6,12-14H,7-11,20H2,1-2H3,(H,21,24);1H. The minimum Gasteiger partial charge on any atom is -0.348 e. The SMILES string of the molecule is CC(C)Cn1nc(C(=O)NC2CCC(N)CC2)c2ccccc2c1=O.Cl. The van der Waals surface area contributed by atoms with Crippen molar-refractivity contribution in [1.82, 2.24) is 15.1 Å². The van der Waals surface area contributed by atoms with Crippen LogP contribution in [0.1, 0.15) is 50.0 Å². The molecule has 1 amide bonds. The Labute approximate surface area is 159 Å². The number of aromatic nitrogens is 2. The van der Waals surface area contributed by atoms with Gasteiger partial charge in [-0.3, -0.25) is 9.59 Å². The van der Waals surface area contributed by atoms with E-state index in [1.807, 2.05) is 26.0 Å². The van der Waals surface area contributed by atoms with Gasteiger partial charge < -0.3 is 11.1 Å². The number of nitrogens with one attached hydrogen (secondary N) is 1. The Balaban J connectivity index is 0.00000243. The molecule has 1 aromatic heterocycles. The minimum atomic E-state index is -0.214. The topological polar surface area (TPSA) is 90.0 Å². The highest BCUT2D eigenvalue weighted by Crippen LogP contribution is 2.19. The molecular weight excluding hydrogens is 352 g/mol. The van der Waals surface area contributed by atoms with Crippen molar-refractivity contribution in [3.05, 3.63) is 40.3 Å². The fraction of sp³-hybridized carbons (Fsp3) is 0.526. The quantitative estimate of drug-likeness (QED) is 0.855. The van der Waals surface area contributed by atoms with E-state index < -0.39 is 0 Å². The van der Waals surface area contributed by atoms with Crippen LogP contribution in [0, 0.1) is 5.92 Å². The Morgan fingerprint density at radius 2 is 1.85 bits per heavy atom. The highest BCUT2D eigenvalue weighted by molar-refractivity contribution is 6.04. The maximum Gasteiger partial charge on any atom is 0.274 e. The number of benzene rings is 1. The molecule has 0 unspecified atom stereocenters. The Bertz CT molecular complexity index is 826. The zero-order chi connectivity index (χ0) is 18.0. The van der Waals surface area contributed by atoms with Crippen LogP contribution in [-0.2, 0) is 6.54 Å². The van der Waals surface area contributed by atoms with Gasteiger partial charge in [0, 0.05) is 24.0 Å². The molecule has 1 saturated carbocycles. The molecular formula is C19H27ClN4O2. The maximum atomic E-state index is 12.8. The molecule has 142 valence electrons. The van der Waals surface area contributed by atoms with Gasteiger partial charge in [-0.25, -0.2) is 4.68 Å². The summed E-state index contributed by atoms with van der Waals surface area (Å²) < 4.78 is 1.42. The van der Waals surface area contributed by atoms with E-state index in [1.165, 1.54) is 4.68 Å². The van der Waals surface area contributed by atoms with Crippen LogP contribution in [0.5, 0.6) is 0 Å². The number of fused-ring (bicyclic) bond motifs is 1. The number of nitrogens with zero attached hydrogens (tertiary/aromatic N) is 2. The summed E-state index contributed by atoms with van der Waals surface area (Å²) in [6, 6.07) is 7.54. The number of carbonyl (C=O) groups is 1. The molecule has 2 aromatic rings. The first-order valence-corrected chi connectivity index (χ1v) is 9.02. The predicted molar refractivity (Wildman–Crippen MR) is 106 cm³/mol. The molecule has 0 spiro atoms. The monoisotopic (exact) mass is 378 g/mol. The summed E-state index contributed by atoms with van der Waals surface area (Å²) in [5.74, 6) is 0.0521. The van der Waals surface area contributed by atoms with Crippen molar-refractivity contribution in [2.75, 3.05) is 0 Å². The summed E-state index contributed by atoms with van der Waals surface area (Å²) in [5, 5.41) is 8.61. The van der Waals surface area contributed by atoms with Crippen molar-refractivity contribution in [2.24, 2.45) is 11.7 Å². The molecule has 7 heteroatoms. The molecule has 1 heterocycles. The Morgan fingerprint density at radius 1 is 1.23 bits per heavy atom. The number of halogens is 1. The number of hydrogen-bond donors (Lipinski definition) is 2. The Hall–Kier alpha value is -1.92. The first kappa shape index (κ1) is 20.4. The summed E-state index contributed by atoms with van der Waals surface area (Å²) in [6.07, 6.45) is 3.62. The lowest BCUT2D eigenvalue weighted by molar-refractivity contribution is 0.0920. The fourth-order valence-corrected chi connectivity index (χ4v) is 3.39. The van der Waals surface area contributed by atoms with Crippen LogP contribution in [0.2, 0.25) is 0 Å². The number of amides is 1. The average Bonchev–Trinajstić information content (AvgIpc) is 2.59. The molecule has 1 aliphatic rings. The van der Waals surface area contributed by atoms with Crippen molar-refractivity contribution >= 4 is 29.1 Å². The van der Waals surface area contributed by atoms with Crippen LogP contribution < -0.4 is 16.6 Å². The second-order valence-electron chi connectivity index (χ2n) is 7.36. The number of rotatable bonds is 4. The second-order valence-corrected chi connectivity index (χ2v) is 7.36. The molecule has 0 bridgehead atoms. The molecule has 1 aromatic carbocycles. The van der Waals surface area contributed by atoms with Gasteiger partial charge in [0.1, 0.15) is 0 Å². The van der Waals surface area contributed by atoms with Crippen molar-refractivity contribution in [3.63, 3.8) is 0 Å². The summed E-state index contributed by atoms with van der Waals surface area (Å²) in [6.45, 7) is 4.53. The van der Waals surface area contributed by atoms with Gasteiger partial charge in [-0.1, -0.05) is 32.0 Å². The van der Waals surface area contributed by atoms with Crippen molar-refractivity contribution in [1.29, 1.82) is 0 Å². The maximum absolute atomic E-state index is 12.8. The van der Waals surface area contributed by atoms with E-state index in [4.69, 9.17) is 5.73 Å². The van der Waals surface area contributed by atoms with Gasteiger partial charge in [-0.15, -0.1) is 12.4 Å². The van der Waals surface area contributed by atoms with Gasteiger partial charge in [-0.2, -0.15) is 5.10 Å². The number of hydrogen-bond acceptors (Lipinski definition) is 4. The lowest BCUT2D eigenvalue weighted by Crippen LogP contribution is -2.41. The summed E-state index contributed by atoms with van der Waals surface area (Å²) in [4.78, 5) is 25.5. The molecule has 0 atom stereocenters. The zero-order valence-electron chi connectivity index (χ0n) is 15.3. The molecule has 1 fully saturated rings. The fourth-order valence-electron chi connectivity index (χ4n) is 3.39. The molecule has 3 rings (SSSR count). The second kappa shape index (κ2) is 8.64. The molecule has 1 aliphatic carbocycles. The molecule has 3 N–H and O–H groups in total. The summed E-state index contributed by atoms with van der Waals surface area (Å²) in [5.41, 5.74) is 6.11. The lowest BCUT2D eigenvalue weighted by atomic mass is 9.92. The van der Waals surface area contributed by atoms with Crippen LogP contribution in [0.25, 0.3) is 10.8 Å². The third-order valence-electron chi connectivity index (χ3n) is 4.73. The van der Waals surface area contributed by atoms with Gasteiger partial charge in [0.25, 0.3) is 11.5 Å². The Kier molecular flexibility index (Phi) is 6.78. The van der Waals surface area contributed by atoms with Crippen LogP contribution >= 0.6 is 12.4 Å². The van der Waals surface area contributed by atoms with E-state index >= 15 is 0 Å². The van der Waals surface area contributed by atoms with E-state index in [1.54, 1.807) is 12.1 Å². The molecule has 0 aliphatic heterocycles. The van der Waals surface area contributed by atoms with Crippen LogP contribution in [0.15, 0.2) is 29.1 Å². The molecule has 0 radical (unpaired) electrons. The van der Waals surface area contributed by atoms with Gasteiger partial charge in [0.05, 0.1) is 5.39 Å². The van der Waals surface area contributed by atoms with Crippen molar-refractivity contribution in [2.45, 2.75) is 58.2 Å². The lowest BCUT2D eigenvalue weighted by Gasteiger charge is -2.26. The van der Waals surface area contributed by atoms with Crippen molar-refractivity contribution in [3.8, 4) is 0 Å². The van der Waals surface area contributed by atoms with Crippen LogP contribution in [0.3, 0.4) is 0 Å². The number of carbonyl (C=O) groups excluding carboxylic acids is 1. The number of nitrogens with two attached hydrogens (primary N) is 1. The largest absolute Gasteiger partial charge is 0.348 e. The molecule has 26 heavy (non-hydrogen) atoms. The van der Waals surface area contributed by atoms with E-state index in [9.17, 15) is 9.59 Å². The first-order chi connectivity index (χ1) is 12.0. The highest BCUT2D eigenvalue weighted by atomic mass is 35.5. The first-order valence-electron chi connectivity index (χ1n) is 9.02. The predicted octanol–water partition coefficient (Wildman–Crippen LogP) is 2.47. The van der Waals surface area contributed by atoms with E-state index in [0.717, 1.165) is 25.7 Å². The third kappa shape index (κ3) is 4.43. The van der Waals surface area contributed by atoms with Crippen LogP contribution in [-0.4, -0.2) is 27.8 Å². The average molecular weight is 379 g/mol. The van der Waals surface area contributed by atoms with E-state index in [2.05, 4.69) is 10.4 Å². The van der Waals surface area contributed by atoms with Crippen LogP contribution in [0.4, 0.5) is 0 Å². The third-order valence-corrected chi connectivity index (χ3v) is 4.73. The Morgan fingerprint density at radius 3 is 2.46 bits per heavy atom. The van der Waals surface area contributed by atoms with Gasteiger partial charge in [0.15, 0.2) is 5.69 Å². The van der Waals surface area contributed by atoms with Gasteiger partial charge >= 0.3 is 0 Å². The minimum absolute atomic E-state index is 0. The van der Waals surface area contributed by atoms with E-state index in [-0.39, 0.29) is 41.9 Å². The summed E-state index contributed by atoms with van der Waals surface area (Å²) >= 11 is 0. The summed E-state index contributed by atoms with van der Waals surface area (Å²) in [7, 11) is 0. The highest BCUT2D eigenvalue weighted by Gasteiger charge is 2.23. The normalized spacial score (nSPS) is 20.0. The van der Waals surface area contributed by atoms with Crippen molar-refractivity contribution < 1.29 is 4.79 Å². The molecule has 6 nitrogen and oxygen atoms in total. The van der Waals surface area contributed by atoms with Gasteiger partial charge in [-0.05, 0) is 37.7 Å². The zero-order valence-corrected chi connectivity index (χ0v) is 16.1. The van der Waals surface area contributed by atoms with E-state index in [0.29, 0.717) is 23.0 Å². The van der Waals surface area contributed by atoms with Gasteiger partial charge in [0.2, 0.25) is 0 Å². The molecule has 0 saturated heterocycles. The smallest absolute Gasteiger partial charge is 0.274 e.